The summed E-state index contributed by atoms with van der Waals surface area (Å²) in [6.07, 6.45) is 2.60. The van der Waals surface area contributed by atoms with Crippen LogP contribution in [0.4, 0.5) is 0 Å². The van der Waals surface area contributed by atoms with Crippen molar-refractivity contribution in [3.63, 3.8) is 0 Å². The van der Waals surface area contributed by atoms with Crippen LogP contribution in [0.15, 0.2) is 10.6 Å². The summed E-state index contributed by atoms with van der Waals surface area (Å²) in [4.78, 5) is 17.7. The summed E-state index contributed by atoms with van der Waals surface area (Å²) in [6, 6.07) is 0.562. The van der Waals surface area contributed by atoms with E-state index >= 15 is 0 Å². The molecule has 0 saturated carbocycles. The van der Waals surface area contributed by atoms with Crippen molar-refractivity contribution in [3.05, 3.63) is 17.8 Å². The van der Waals surface area contributed by atoms with Crippen LogP contribution in [-0.2, 0) is 0 Å². The molecule has 0 spiro atoms. The highest BCUT2D eigenvalue weighted by molar-refractivity contribution is 5.90. The molecule has 4 heteroatoms. The van der Waals surface area contributed by atoms with Gasteiger partial charge in [0, 0.05) is 25.4 Å². The molecule has 4 nitrogen and oxygen atoms in total. The number of hydrogen-bond acceptors (Lipinski definition) is 4. The Morgan fingerprint density at radius 1 is 1.62 bits per heavy atom. The Balaban J connectivity index is 2.06. The number of Topliss-reactive ketones (excluding diaryl/α,β-unsaturated/α-hetero) is 1. The van der Waals surface area contributed by atoms with Gasteiger partial charge in [-0.3, -0.25) is 4.79 Å². The van der Waals surface area contributed by atoms with Crippen LogP contribution >= 0.6 is 0 Å². The van der Waals surface area contributed by atoms with Crippen molar-refractivity contribution in [2.75, 3.05) is 13.1 Å². The van der Waals surface area contributed by atoms with Gasteiger partial charge < -0.3 is 9.32 Å². The molecule has 1 aromatic heterocycles. The van der Waals surface area contributed by atoms with Crippen LogP contribution in [-0.4, -0.2) is 34.8 Å². The van der Waals surface area contributed by atoms with E-state index < -0.39 is 0 Å². The summed E-state index contributed by atoms with van der Waals surface area (Å²) in [5.41, 5.74) is 0. The van der Waals surface area contributed by atoms with Gasteiger partial charge in [0.15, 0.2) is 17.4 Å². The van der Waals surface area contributed by atoms with Gasteiger partial charge in [0.2, 0.25) is 0 Å². The predicted molar refractivity (Wildman–Crippen MR) is 60.6 cm³/mol. The zero-order valence-electron chi connectivity index (χ0n) is 10.1. The Morgan fingerprint density at radius 3 is 2.88 bits per heavy atom. The molecular weight excluding hydrogens is 204 g/mol. The van der Waals surface area contributed by atoms with Crippen molar-refractivity contribution < 1.29 is 9.21 Å². The molecular formula is C12H18N2O2. The molecule has 1 aromatic rings. The van der Waals surface area contributed by atoms with Crippen LogP contribution in [0.5, 0.6) is 0 Å². The second-order valence-corrected chi connectivity index (χ2v) is 4.69. The van der Waals surface area contributed by atoms with E-state index in [2.05, 4.69) is 23.7 Å². The zero-order valence-corrected chi connectivity index (χ0v) is 10.1. The first kappa shape index (κ1) is 11.3. The maximum absolute atomic E-state index is 11.1. The van der Waals surface area contributed by atoms with E-state index in [9.17, 15) is 4.79 Å². The number of carbonyl (C=O) groups excluding carboxylic acids is 1. The SMILES string of the molecule is CC(=O)c1cnc(C2CCN(C(C)C)C2)o1. The normalized spacial score (nSPS) is 21.9. The predicted octanol–water partition coefficient (Wildman–Crippen LogP) is 2.07. The average molecular weight is 222 g/mol. The standard InChI is InChI=1S/C12H18N2O2/c1-8(2)14-5-4-10(7-14)12-13-6-11(16-12)9(3)15/h6,8,10H,4-5,7H2,1-3H3. The minimum absolute atomic E-state index is 0.0579. The molecule has 1 atom stereocenters. The number of oxazole rings is 1. The molecule has 0 N–H and O–H groups in total. The summed E-state index contributed by atoms with van der Waals surface area (Å²) < 4.78 is 5.47. The number of nitrogens with zero attached hydrogens (tertiary/aromatic N) is 2. The van der Waals surface area contributed by atoms with E-state index in [1.165, 1.54) is 13.1 Å². The number of aromatic nitrogens is 1. The lowest BCUT2D eigenvalue weighted by Gasteiger charge is -2.19. The van der Waals surface area contributed by atoms with Gasteiger partial charge in [-0.05, 0) is 26.8 Å². The van der Waals surface area contributed by atoms with Gasteiger partial charge >= 0.3 is 0 Å². The number of likely N-dealkylation sites (tertiary alicyclic amines) is 1. The lowest BCUT2D eigenvalue weighted by molar-refractivity contribution is 0.0984. The van der Waals surface area contributed by atoms with E-state index in [-0.39, 0.29) is 5.78 Å². The molecule has 0 bridgehead atoms. The van der Waals surface area contributed by atoms with Crippen LogP contribution in [0.25, 0.3) is 0 Å². The van der Waals surface area contributed by atoms with Crippen molar-refractivity contribution in [3.8, 4) is 0 Å². The molecule has 88 valence electrons. The monoisotopic (exact) mass is 222 g/mol. The highest BCUT2D eigenvalue weighted by Gasteiger charge is 2.28. The van der Waals surface area contributed by atoms with Crippen LogP contribution in [0.1, 0.15) is 49.6 Å². The molecule has 1 fully saturated rings. The minimum Gasteiger partial charge on any atom is -0.437 e. The van der Waals surface area contributed by atoms with Gasteiger partial charge in [-0.15, -0.1) is 0 Å². The third kappa shape index (κ3) is 2.16. The molecule has 1 unspecified atom stereocenters. The average Bonchev–Trinajstić information content (AvgIpc) is 2.86. The highest BCUT2D eigenvalue weighted by atomic mass is 16.4. The second-order valence-electron chi connectivity index (χ2n) is 4.69. The first-order valence-corrected chi connectivity index (χ1v) is 5.78. The molecule has 1 aliphatic rings. The number of ketones is 1. The topological polar surface area (TPSA) is 46.3 Å². The quantitative estimate of drug-likeness (QED) is 0.734. The van der Waals surface area contributed by atoms with Crippen LogP contribution in [0.3, 0.4) is 0 Å². The van der Waals surface area contributed by atoms with E-state index in [1.54, 1.807) is 0 Å². The van der Waals surface area contributed by atoms with Crippen LogP contribution < -0.4 is 0 Å². The van der Waals surface area contributed by atoms with Crippen LogP contribution in [0, 0.1) is 0 Å². The lowest BCUT2D eigenvalue weighted by Crippen LogP contribution is -2.27. The Kier molecular flexibility index (Phi) is 3.10. The number of carbonyl (C=O) groups is 1. The van der Waals surface area contributed by atoms with Crippen molar-refractivity contribution in [1.82, 2.24) is 9.88 Å². The van der Waals surface area contributed by atoms with Crippen molar-refractivity contribution in [1.29, 1.82) is 0 Å². The Morgan fingerprint density at radius 2 is 2.38 bits per heavy atom. The summed E-state index contributed by atoms with van der Waals surface area (Å²) in [5.74, 6) is 1.37. The number of hydrogen-bond donors (Lipinski definition) is 0. The summed E-state index contributed by atoms with van der Waals surface area (Å²) in [6.45, 7) is 7.95. The van der Waals surface area contributed by atoms with Gasteiger partial charge in [0.25, 0.3) is 0 Å². The van der Waals surface area contributed by atoms with E-state index in [1.807, 2.05) is 0 Å². The molecule has 0 aromatic carbocycles. The van der Waals surface area contributed by atoms with Gasteiger partial charge in [-0.2, -0.15) is 0 Å². The first-order chi connectivity index (χ1) is 7.58. The lowest BCUT2D eigenvalue weighted by atomic mass is 10.1. The molecule has 16 heavy (non-hydrogen) atoms. The Hall–Kier alpha value is -1.16. The van der Waals surface area contributed by atoms with Gasteiger partial charge in [-0.1, -0.05) is 0 Å². The Bertz CT molecular complexity index is 384. The third-order valence-electron chi connectivity index (χ3n) is 3.17. The van der Waals surface area contributed by atoms with Gasteiger partial charge in [0.1, 0.15) is 0 Å². The molecule has 2 rings (SSSR count). The van der Waals surface area contributed by atoms with E-state index in [0.717, 1.165) is 19.5 Å². The summed E-state index contributed by atoms with van der Waals surface area (Å²) in [5, 5.41) is 0. The number of rotatable bonds is 3. The molecule has 1 aliphatic heterocycles. The smallest absolute Gasteiger partial charge is 0.199 e. The molecule has 2 heterocycles. The van der Waals surface area contributed by atoms with Crippen molar-refractivity contribution >= 4 is 5.78 Å². The fraction of sp³-hybridized carbons (Fsp3) is 0.667. The van der Waals surface area contributed by atoms with E-state index in [0.29, 0.717) is 23.6 Å². The minimum atomic E-state index is -0.0579. The first-order valence-electron chi connectivity index (χ1n) is 5.78. The Labute approximate surface area is 95.6 Å². The summed E-state index contributed by atoms with van der Waals surface area (Å²) >= 11 is 0. The maximum Gasteiger partial charge on any atom is 0.199 e. The second kappa shape index (κ2) is 4.37. The van der Waals surface area contributed by atoms with Crippen molar-refractivity contribution in [2.45, 2.75) is 39.2 Å². The zero-order chi connectivity index (χ0) is 11.7. The maximum atomic E-state index is 11.1. The fourth-order valence-corrected chi connectivity index (χ4v) is 2.10. The van der Waals surface area contributed by atoms with E-state index in [4.69, 9.17) is 4.42 Å². The molecule has 1 saturated heterocycles. The van der Waals surface area contributed by atoms with Gasteiger partial charge in [-0.25, -0.2) is 4.98 Å². The largest absolute Gasteiger partial charge is 0.437 e. The van der Waals surface area contributed by atoms with Gasteiger partial charge in [0.05, 0.1) is 6.20 Å². The molecule has 0 aliphatic carbocycles. The van der Waals surface area contributed by atoms with Crippen LogP contribution in [0.2, 0.25) is 0 Å². The summed E-state index contributed by atoms with van der Waals surface area (Å²) in [7, 11) is 0. The van der Waals surface area contributed by atoms with Crippen molar-refractivity contribution in [2.24, 2.45) is 0 Å². The highest BCUT2D eigenvalue weighted by Crippen LogP contribution is 2.27. The third-order valence-corrected chi connectivity index (χ3v) is 3.17. The molecule has 0 amide bonds. The molecule has 0 radical (unpaired) electrons. The fourth-order valence-electron chi connectivity index (χ4n) is 2.10.